The molecular weight excluding hydrogens is 162 g/mol. The first-order chi connectivity index (χ1) is 6.29. The van der Waals surface area contributed by atoms with Crippen LogP contribution < -0.4 is 5.32 Å². The van der Waals surface area contributed by atoms with E-state index in [9.17, 15) is 0 Å². The molecule has 0 aliphatic carbocycles. The summed E-state index contributed by atoms with van der Waals surface area (Å²) in [4.78, 5) is 4.76. The summed E-state index contributed by atoms with van der Waals surface area (Å²) in [5.74, 6) is 0. The van der Waals surface area contributed by atoms with Crippen molar-refractivity contribution in [3.63, 3.8) is 0 Å². The van der Waals surface area contributed by atoms with Crippen molar-refractivity contribution in [2.24, 2.45) is 0 Å². The van der Waals surface area contributed by atoms with Crippen LogP contribution in [-0.4, -0.2) is 63.2 Å². The number of likely N-dealkylation sites (tertiary alicyclic amines) is 1. The highest BCUT2D eigenvalue weighted by Crippen LogP contribution is 2.05. The first-order valence-electron chi connectivity index (χ1n) is 5.37. The molecule has 0 amide bonds. The molecule has 13 heavy (non-hydrogen) atoms. The number of hydrogen-bond donors (Lipinski definition) is 1. The van der Waals surface area contributed by atoms with E-state index in [2.05, 4.69) is 29.2 Å². The van der Waals surface area contributed by atoms with E-state index in [4.69, 9.17) is 0 Å². The maximum atomic E-state index is 3.46. The molecule has 0 saturated carbocycles. The molecule has 0 atom stereocenters. The first kappa shape index (κ1) is 11.0. The molecule has 1 aliphatic rings. The topological polar surface area (TPSA) is 18.5 Å². The third-order valence-corrected chi connectivity index (χ3v) is 2.54. The van der Waals surface area contributed by atoms with E-state index < -0.39 is 0 Å². The Morgan fingerprint density at radius 3 is 2.46 bits per heavy atom. The summed E-state index contributed by atoms with van der Waals surface area (Å²) >= 11 is 0. The van der Waals surface area contributed by atoms with Gasteiger partial charge in [-0.2, -0.15) is 0 Å². The van der Waals surface area contributed by atoms with Crippen LogP contribution in [0, 0.1) is 0 Å². The lowest BCUT2D eigenvalue weighted by atomic mass is 10.4. The zero-order chi connectivity index (χ0) is 9.52. The highest BCUT2D eigenvalue weighted by atomic mass is 15.2. The van der Waals surface area contributed by atoms with Crippen LogP contribution in [0.2, 0.25) is 0 Å². The average Bonchev–Trinajstić information content (AvgIpc) is 2.55. The SMILES string of the molecule is CN(C)CCNCCN1CCCC1. The fourth-order valence-electron chi connectivity index (χ4n) is 1.67. The van der Waals surface area contributed by atoms with Gasteiger partial charge in [0.25, 0.3) is 0 Å². The molecule has 0 bridgehead atoms. The number of rotatable bonds is 6. The predicted octanol–water partition coefficient (Wildman–Crippen LogP) is 0.233. The predicted molar refractivity (Wildman–Crippen MR) is 57.1 cm³/mol. The molecule has 1 fully saturated rings. The lowest BCUT2D eigenvalue weighted by Gasteiger charge is -2.15. The van der Waals surface area contributed by atoms with Crippen LogP contribution in [0.4, 0.5) is 0 Å². The number of hydrogen-bond acceptors (Lipinski definition) is 3. The minimum absolute atomic E-state index is 1.11. The van der Waals surface area contributed by atoms with Gasteiger partial charge >= 0.3 is 0 Å². The molecule has 0 spiro atoms. The van der Waals surface area contributed by atoms with Crippen molar-refractivity contribution in [3.05, 3.63) is 0 Å². The highest BCUT2D eigenvalue weighted by Gasteiger charge is 2.09. The Balaban J connectivity index is 1.83. The minimum Gasteiger partial charge on any atom is -0.314 e. The number of nitrogens with one attached hydrogen (secondary N) is 1. The molecule has 1 heterocycles. The Morgan fingerprint density at radius 1 is 1.15 bits per heavy atom. The molecule has 0 aromatic carbocycles. The minimum atomic E-state index is 1.11. The maximum absolute atomic E-state index is 3.46. The van der Waals surface area contributed by atoms with Gasteiger partial charge in [0.15, 0.2) is 0 Å². The molecule has 0 aromatic rings. The van der Waals surface area contributed by atoms with Crippen LogP contribution >= 0.6 is 0 Å². The highest BCUT2D eigenvalue weighted by molar-refractivity contribution is 4.66. The van der Waals surface area contributed by atoms with Gasteiger partial charge < -0.3 is 15.1 Å². The molecule has 1 N–H and O–H groups in total. The molecule has 1 saturated heterocycles. The molecule has 78 valence electrons. The summed E-state index contributed by atoms with van der Waals surface area (Å²) in [5, 5.41) is 3.46. The Bertz CT molecular complexity index is 119. The van der Waals surface area contributed by atoms with Crippen molar-refractivity contribution in [2.75, 3.05) is 53.4 Å². The zero-order valence-corrected chi connectivity index (χ0v) is 9.05. The second kappa shape index (κ2) is 6.35. The van der Waals surface area contributed by atoms with Crippen molar-refractivity contribution < 1.29 is 0 Å². The number of likely N-dealkylation sites (N-methyl/N-ethyl adjacent to an activating group) is 1. The van der Waals surface area contributed by atoms with E-state index in [1.54, 1.807) is 0 Å². The van der Waals surface area contributed by atoms with Gasteiger partial charge in [0.1, 0.15) is 0 Å². The van der Waals surface area contributed by atoms with Gasteiger partial charge in [-0.05, 0) is 40.0 Å². The molecule has 3 heteroatoms. The second-order valence-electron chi connectivity index (χ2n) is 4.10. The van der Waals surface area contributed by atoms with Crippen molar-refractivity contribution in [3.8, 4) is 0 Å². The molecule has 3 nitrogen and oxygen atoms in total. The standard InChI is InChI=1S/C10H23N3/c1-12(2)9-5-11-6-10-13-7-3-4-8-13/h11H,3-10H2,1-2H3. The van der Waals surface area contributed by atoms with Gasteiger partial charge in [-0.25, -0.2) is 0 Å². The summed E-state index contributed by atoms with van der Waals surface area (Å²) in [6, 6.07) is 0. The van der Waals surface area contributed by atoms with Crippen LogP contribution in [0.25, 0.3) is 0 Å². The van der Waals surface area contributed by atoms with Crippen LogP contribution in [0.15, 0.2) is 0 Å². The molecule has 1 rings (SSSR count). The van der Waals surface area contributed by atoms with Crippen LogP contribution in [0.5, 0.6) is 0 Å². The van der Waals surface area contributed by atoms with E-state index in [1.165, 1.54) is 32.5 Å². The van der Waals surface area contributed by atoms with Crippen LogP contribution in [-0.2, 0) is 0 Å². The van der Waals surface area contributed by atoms with Crippen molar-refractivity contribution in [1.82, 2.24) is 15.1 Å². The van der Waals surface area contributed by atoms with Gasteiger partial charge in [-0.1, -0.05) is 0 Å². The van der Waals surface area contributed by atoms with Gasteiger partial charge in [-0.3, -0.25) is 0 Å². The van der Waals surface area contributed by atoms with E-state index >= 15 is 0 Å². The monoisotopic (exact) mass is 185 g/mol. The molecule has 0 aromatic heterocycles. The Hall–Kier alpha value is -0.120. The molecular formula is C10H23N3. The maximum Gasteiger partial charge on any atom is 0.0107 e. The smallest absolute Gasteiger partial charge is 0.0107 e. The normalized spacial score (nSPS) is 18.7. The average molecular weight is 185 g/mol. The van der Waals surface area contributed by atoms with Gasteiger partial charge in [0.05, 0.1) is 0 Å². The summed E-state index contributed by atoms with van der Waals surface area (Å²) < 4.78 is 0. The van der Waals surface area contributed by atoms with E-state index in [1.807, 2.05) is 0 Å². The molecule has 0 unspecified atom stereocenters. The lowest BCUT2D eigenvalue weighted by molar-refractivity contribution is 0.329. The largest absolute Gasteiger partial charge is 0.314 e. The first-order valence-corrected chi connectivity index (χ1v) is 5.37. The molecule has 1 aliphatic heterocycles. The third kappa shape index (κ3) is 5.24. The fourth-order valence-corrected chi connectivity index (χ4v) is 1.67. The molecule has 0 radical (unpaired) electrons. The van der Waals surface area contributed by atoms with Crippen molar-refractivity contribution >= 4 is 0 Å². The summed E-state index contributed by atoms with van der Waals surface area (Å²) in [5.41, 5.74) is 0. The second-order valence-corrected chi connectivity index (χ2v) is 4.10. The summed E-state index contributed by atoms with van der Waals surface area (Å²) in [6.45, 7) is 7.26. The fraction of sp³-hybridized carbons (Fsp3) is 1.00. The van der Waals surface area contributed by atoms with E-state index in [0.717, 1.165) is 19.6 Å². The Morgan fingerprint density at radius 2 is 1.85 bits per heavy atom. The summed E-state index contributed by atoms with van der Waals surface area (Å²) in [7, 11) is 4.23. The zero-order valence-electron chi connectivity index (χ0n) is 9.05. The lowest BCUT2D eigenvalue weighted by Crippen LogP contribution is -2.33. The van der Waals surface area contributed by atoms with Gasteiger partial charge in [0.2, 0.25) is 0 Å². The quantitative estimate of drug-likeness (QED) is 0.598. The van der Waals surface area contributed by atoms with Gasteiger partial charge in [0, 0.05) is 26.2 Å². The Labute approximate surface area is 82.1 Å². The van der Waals surface area contributed by atoms with E-state index in [-0.39, 0.29) is 0 Å². The third-order valence-electron chi connectivity index (χ3n) is 2.54. The van der Waals surface area contributed by atoms with Gasteiger partial charge in [-0.15, -0.1) is 0 Å². The van der Waals surface area contributed by atoms with Crippen molar-refractivity contribution in [2.45, 2.75) is 12.8 Å². The summed E-state index contributed by atoms with van der Waals surface area (Å²) in [6.07, 6.45) is 2.80. The number of nitrogens with zero attached hydrogens (tertiary/aromatic N) is 2. The van der Waals surface area contributed by atoms with Crippen LogP contribution in [0.1, 0.15) is 12.8 Å². The van der Waals surface area contributed by atoms with Crippen LogP contribution in [0.3, 0.4) is 0 Å². The van der Waals surface area contributed by atoms with Crippen molar-refractivity contribution in [1.29, 1.82) is 0 Å². The van der Waals surface area contributed by atoms with E-state index in [0.29, 0.717) is 0 Å². The Kier molecular flexibility index (Phi) is 5.35.